The first-order valence-electron chi connectivity index (χ1n) is 13.7. The second-order valence-electron chi connectivity index (χ2n) is 11.2. The van der Waals surface area contributed by atoms with Crippen LogP contribution in [0.4, 0.5) is 4.39 Å². The van der Waals surface area contributed by atoms with Crippen LogP contribution < -0.4 is 16.2 Å². The summed E-state index contributed by atoms with van der Waals surface area (Å²) in [5, 5.41) is 16.4. The standard InChI is InChI=1S/C28H33FN6O6/c1-33(2)25(40)26(41)34-13-3-4-19(34)22(37)32-28-11-9-17(10-12-28)15-35-24(39)21(36)20(31-27(28)35)23(38)30-14-16-5-7-18(29)8-6-16/h5-8,17,19,36H,3-4,9-15H2,1-2H3,(H,30,38)(H,32,37). The van der Waals surface area contributed by atoms with E-state index < -0.39 is 58.0 Å². The van der Waals surface area contributed by atoms with E-state index in [1.165, 1.54) is 52.7 Å². The van der Waals surface area contributed by atoms with Crippen molar-refractivity contribution in [1.29, 1.82) is 0 Å². The Hall–Kier alpha value is -4.29. The molecule has 2 aromatic rings. The first kappa shape index (κ1) is 28.2. The molecule has 4 aliphatic rings. The van der Waals surface area contributed by atoms with E-state index in [4.69, 9.17) is 0 Å². The molecule has 41 heavy (non-hydrogen) atoms. The van der Waals surface area contributed by atoms with Crippen LogP contribution in [0.1, 0.15) is 60.4 Å². The van der Waals surface area contributed by atoms with Crippen molar-refractivity contribution in [3.8, 4) is 5.75 Å². The van der Waals surface area contributed by atoms with Crippen LogP contribution in [-0.4, -0.2) is 74.8 Å². The van der Waals surface area contributed by atoms with Crippen molar-refractivity contribution in [2.75, 3.05) is 20.6 Å². The predicted molar refractivity (Wildman–Crippen MR) is 143 cm³/mol. The lowest BCUT2D eigenvalue weighted by Crippen LogP contribution is -2.56. The average molecular weight is 569 g/mol. The van der Waals surface area contributed by atoms with Crippen LogP contribution in [-0.2, 0) is 33.0 Å². The van der Waals surface area contributed by atoms with Crippen LogP contribution in [0.5, 0.6) is 5.75 Å². The summed E-state index contributed by atoms with van der Waals surface area (Å²) in [5.41, 5.74) is -1.73. The van der Waals surface area contributed by atoms with Crippen molar-refractivity contribution >= 4 is 23.6 Å². The van der Waals surface area contributed by atoms with E-state index in [0.29, 0.717) is 44.1 Å². The topological polar surface area (TPSA) is 154 Å². The second-order valence-corrected chi connectivity index (χ2v) is 11.2. The molecule has 1 atom stereocenters. The third kappa shape index (κ3) is 5.27. The zero-order valence-corrected chi connectivity index (χ0v) is 23.0. The zero-order valence-electron chi connectivity index (χ0n) is 23.0. The van der Waals surface area contributed by atoms with Crippen molar-refractivity contribution in [3.05, 3.63) is 57.5 Å². The quantitative estimate of drug-likeness (QED) is 0.447. The number of nitrogens with zero attached hydrogens (tertiary/aromatic N) is 4. The molecule has 2 bridgehead atoms. The number of halogens is 1. The number of aromatic nitrogens is 2. The number of carbonyl (C=O) groups is 4. The van der Waals surface area contributed by atoms with Gasteiger partial charge in [-0.3, -0.25) is 28.5 Å². The number of likely N-dealkylation sites (N-methyl/N-ethyl adjacent to an activating group) is 1. The Morgan fingerprint density at radius 3 is 2.46 bits per heavy atom. The summed E-state index contributed by atoms with van der Waals surface area (Å²) >= 11 is 0. The molecule has 6 rings (SSSR count). The highest BCUT2D eigenvalue weighted by molar-refractivity contribution is 6.35. The highest BCUT2D eigenvalue weighted by Crippen LogP contribution is 2.43. The number of hydrogen-bond acceptors (Lipinski definition) is 7. The molecular weight excluding hydrogens is 535 g/mol. The Bertz CT molecular complexity index is 1450. The third-order valence-corrected chi connectivity index (χ3v) is 8.32. The van der Waals surface area contributed by atoms with E-state index in [0.717, 1.165) is 0 Å². The lowest BCUT2D eigenvalue weighted by molar-refractivity contribution is -0.152. The molecule has 13 heteroatoms. The van der Waals surface area contributed by atoms with E-state index in [9.17, 15) is 33.5 Å². The first-order chi connectivity index (χ1) is 19.5. The van der Waals surface area contributed by atoms with Crippen LogP contribution in [0, 0.1) is 11.7 Å². The number of rotatable bonds is 5. The van der Waals surface area contributed by atoms with E-state index in [1.54, 1.807) is 0 Å². The van der Waals surface area contributed by atoms with Gasteiger partial charge in [-0.1, -0.05) is 12.1 Å². The molecule has 1 aromatic heterocycles. The number of amides is 4. The van der Waals surface area contributed by atoms with Crippen molar-refractivity contribution in [1.82, 2.24) is 30.0 Å². The highest BCUT2D eigenvalue weighted by Gasteiger charge is 2.48. The van der Waals surface area contributed by atoms with E-state index in [1.807, 2.05) is 0 Å². The minimum Gasteiger partial charge on any atom is -0.501 e. The zero-order chi connectivity index (χ0) is 29.5. The van der Waals surface area contributed by atoms with Gasteiger partial charge in [0.25, 0.3) is 11.5 Å². The second kappa shape index (κ2) is 10.9. The number of benzene rings is 1. The Morgan fingerprint density at radius 1 is 1.12 bits per heavy atom. The molecule has 1 saturated heterocycles. The summed E-state index contributed by atoms with van der Waals surface area (Å²) in [6.45, 7) is 0.571. The fourth-order valence-electron chi connectivity index (χ4n) is 6.04. The van der Waals surface area contributed by atoms with Gasteiger partial charge in [0.15, 0.2) is 5.69 Å². The molecule has 4 amide bonds. The van der Waals surface area contributed by atoms with Crippen molar-refractivity contribution in [2.24, 2.45) is 5.92 Å². The predicted octanol–water partition coefficient (Wildman–Crippen LogP) is 0.613. The Morgan fingerprint density at radius 2 is 1.80 bits per heavy atom. The number of likely N-dealkylation sites (tertiary alicyclic amines) is 1. The summed E-state index contributed by atoms with van der Waals surface area (Å²) in [6.07, 6.45) is 3.21. The van der Waals surface area contributed by atoms with Crippen LogP contribution in [0.2, 0.25) is 0 Å². The summed E-state index contributed by atoms with van der Waals surface area (Å²) in [6, 6.07) is 4.65. The number of nitrogens with one attached hydrogen (secondary N) is 2. The van der Waals surface area contributed by atoms with Crippen LogP contribution in [0.15, 0.2) is 29.1 Å². The average Bonchev–Trinajstić information content (AvgIpc) is 3.34. The third-order valence-electron chi connectivity index (χ3n) is 8.32. The van der Waals surface area contributed by atoms with Crippen molar-refractivity contribution < 1.29 is 28.7 Å². The van der Waals surface area contributed by atoms with Gasteiger partial charge in [0.05, 0.1) is 5.54 Å². The molecule has 3 N–H and O–H groups in total. The smallest absolute Gasteiger partial charge is 0.312 e. The normalized spacial score (nSPS) is 23.0. The number of carbonyl (C=O) groups excluding carboxylic acids is 4. The Balaban J connectivity index is 1.45. The molecule has 3 aliphatic heterocycles. The Labute approximate surface area is 235 Å². The maximum absolute atomic E-state index is 13.7. The molecule has 0 spiro atoms. The Kier molecular flexibility index (Phi) is 7.54. The van der Waals surface area contributed by atoms with Gasteiger partial charge < -0.3 is 25.5 Å². The van der Waals surface area contributed by atoms with E-state index in [2.05, 4.69) is 15.6 Å². The minimum absolute atomic E-state index is 0.0137. The van der Waals surface area contributed by atoms with Gasteiger partial charge in [-0.05, 0) is 62.1 Å². The van der Waals surface area contributed by atoms with Gasteiger partial charge in [-0.15, -0.1) is 0 Å². The van der Waals surface area contributed by atoms with Crippen molar-refractivity contribution in [2.45, 2.75) is 63.2 Å². The van der Waals surface area contributed by atoms with Gasteiger partial charge in [0.2, 0.25) is 11.7 Å². The highest BCUT2D eigenvalue weighted by atomic mass is 19.1. The van der Waals surface area contributed by atoms with Crippen molar-refractivity contribution in [3.63, 3.8) is 0 Å². The van der Waals surface area contributed by atoms with Crippen LogP contribution in [0.25, 0.3) is 0 Å². The largest absolute Gasteiger partial charge is 0.501 e. The fourth-order valence-corrected chi connectivity index (χ4v) is 6.04. The lowest BCUT2D eigenvalue weighted by atomic mass is 9.77. The number of aromatic hydroxyl groups is 1. The van der Waals surface area contributed by atoms with E-state index >= 15 is 0 Å². The van der Waals surface area contributed by atoms with Gasteiger partial charge in [0.1, 0.15) is 17.7 Å². The first-order valence-corrected chi connectivity index (χ1v) is 13.7. The summed E-state index contributed by atoms with van der Waals surface area (Å²) in [7, 11) is 2.94. The lowest BCUT2D eigenvalue weighted by Gasteiger charge is -2.38. The molecule has 2 fully saturated rings. The van der Waals surface area contributed by atoms with E-state index in [-0.39, 0.29) is 31.4 Å². The summed E-state index contributed by atoms with van der Waals surface area (Å²) in [4.78, 5) is 72.1. The van der Waals surface area contributed by atoms with Crippen LogP contribution in [0.3, 0.4) is 0 Å². The molecule has 4 heterocycles. The molecule has 1 aromatic carbocycles. The van der Waals surface area contributed by atoms with Gasteiger partial charge in [0, 0.05) is 33.7 Å². The fraction of sp³-hybridized carbons (Fsp3) is 0.500. The number of hydrogen-bond donors (Lipinski definition) is 3. The monoisotopic (exact) mass is 568 g/mol. The minimum atomic E-state index is -1.11. The molecule has 12 nitrogen and oxygen atoms in total. The summed E-state index contributed by atoms with van der Waals surface area (Å²) < 4.78 is 14.6. The maximum atomic E-state index is 13.7. The molecule has 1 aliphatic carbocycles. The molecule has 1 saturated carbocycles. The van der Waals surface area contributed by atoms with Gasteiger partial charge >= 0.3 is 11.8 Å². The van der Waals surface area contributed by atoms with Gasteiger partial charge in [-0.25, -0.2) is 9.37 Å². The molecule has 1 unspecified atom stereocenters. The SMILES string of the molecule is CN(C)C(=O)C(=O)N1CCCC1C(=O)NC12CCC(CC1)Cn1c2nc(C(=O)NCc2ccc(F)cc2)c(O)c1=O. The molecular formula is C28H33FN6O6. The summed E-state index contributed by atoms with van der Waals surface area (Å²) in [5.74, 6) is -3.63. The van der Waals surface area contributed by atoms with Gasteiger partial charge in [-0.2, -0.15) is 0 Å². The maximum Gasteiger partial charge on any atom is 0.312 e. The molecule has 218 valence electrons. The number of fused-ring (bicyclic) bond motifs is 2. The van der Waals surface area contributed by atoms with Crippen LogP contribution >= 0.6 is 0 Å². The molecule has 0 radical (unpaired) electrons.